The average Bonchev–Trinajstić information content (AvgIpc) is 3.04. The highest BCUT2D eigenvalue weighted by Gasteiger charge is 2.49. The van der Waals surface area contributed by atoms with Crippen molar-refractivity contribution in [2.75, 3.05) is 16.3 Å². The van der Waals surface area contributed by atoms with E-state index >= 15 is 0 Å². The van der Waals surface area contributed by atoms with Gasteiger partial charge in [0, 0.05) is 12.2 Å². The maximum atomic E-state index is 13.9. The van der Waals surface area contributed by atoms with E-state index in [0.717, 1.165) is 12.3 Å². The molecule has 0 aromatic heterocycles. The minimum atomic E-state index is -4.68. The summed E-state index contributed by atoms with van der Waals surface area (Å²) < 4.78 is 66.6. The van der Waals surface area contributed by atoms with Crippen LogP contribution in [0.2, 0.25) is 0 Å². The van der Waals surface area contributed by atoms with Gasteiger partial charge in [-0.3, -0.25) is 14.3 Å². The number of carbonyl (C=O) groups is 2. The highest BCUT2D eigenvalue weighted by atomic mass is 32.2. The number of rotatable bonds is 6. The maximum Gasteiger partial charge on any atom is 0.262 e. The lowest BCUT2D eigenvalue weighted by atomic mass is 9.85. The van der Waals surface area contributed by atoms with Crippen molar-refractivity contribution in [3.05, 3.63) is 75.3 Å². The number of aliphatic hydroxyl groups excluding tert-OH is 1. The monoisotopic (exact) mass is 592 g/mol. The van der Waals surface area contributed by atoms with Gasteiger partial charge in [0.15, 0.2) is 4.91 Å². The van der Waals surface area contributed by atoms with E-state index in [4.69, 9.17) is 5.73 Å². The van der Waals surface area contributed by atoms with Crippen molar-refractivity contribution < 1.29 is 35.9 Å². The van der Waals surface area contributed by atoms with E-state index in [2.05, 4.69) is 10.0 Å². The van der Waals surface area contributed by atoms with Crippen LogP contribution in [-0.2, 0) is 36.0 Å². The summed E-state index contributed by atoms with van der Waals surface area (Å²) in [6, 6.07) is 6.96. The number of hydrogen-bond donors (Lipinski definition) is 4. The fraction of sp³-hybridized carbons (Fsp3) is 0.308. The molecule has 14 heteroatoms. The van der Waals surface area contributed by atoms with Crippen LogP contribution in [0.15, 0.2) is 63.2 Å². The van der Waals surface area contributed by atoms with Gasteiger partial charge < -0.3 is 21.1 Å². The van der Waals surface area contributed by atoms with Gasteiger partial charge in [-0.05, 0) is 47.7 Å². The highest BCUT2D eigenvalue weighted by molar-refractivity contribution is 7.96. The molecule has 0 bridgehead atoms. The van der Waals surface area contributed by atoms with E-state index in [1.54, 1.807) is 33.8 Å². The van der Waals surface area contributed by atoms with Gasteiger partial charge in [-0.2, -0.15) is 0 Å². The molecule has 214 valence electrons. The fourth-order valence-electron chi connectivity index (χ4n) is 4.93. The van der Waals surface area contributed by atoms with Gasteiger partial charge in [0.05, 0.1) is 28.6 Å². The van der Waals surface area contributed by atoms with Crippen molar-refractivity contribution in [2.24, 2.45) is 11.1 Å². The van der Waals surface area contributed by atoms with E-state index in [1.165, 1.54) is 29.2 Å². The molecule has 2 aromatic rings. The molecule has 2 amide bonds. The third-order valence-corrected chi connectivity index (χ3v) is 8.97. The van der Waals surface area contributed by atoms with Crippen LogP contribution in [0.5, 0.6) is 0 Å². The minimum Gasteiger partial charge on any atom is -0.509 e. The maximum absolute atomic E-state index is 13.9. The Kier molecular flexibility index (Phi) is 7.00. The molecule has 2 aliphatic rings. The number of nitrogens with two attached hydrogens (primary N) is 1. The van der Waals surface area contributed by atoms with E-state index in [9.17, 15) is 35.9 Å². The number of fused-ring (bicyclic) bond motifs is 1. The number of aryl methyl sites for hydroxylation is 1. The normalized spacial score (nSPS) is 19.0. The number of sulfone groups is 1. The Morgan fingerprint density at radius 1 is 1.20 bits per heavy atom. The number of aliphatic hydroxyl groups is 1. The van der Waals surface area contributed by atoms with Crippen LogP contribution in [-0.4, -0.2) is 51.0 Å². The molecule has 0 aliphatic carbocycles. The number of hydrogen-bond acceptors (Lipinski definition) is 8. The Morgan fingerprint density at radius 3 is 2.40 bits per heavy atom. The van der Waals surface area contributed by atoms with Gasteiger partial charge in [0.25, 0.3) is 11.8 Å². The molecule has 1 atom stereocenters. The lowest BCUT2D eigenvalue weighted by molar-refractivity contribution is -0.129. The topological polar surface area (TPSA) is 176 Å². The first-order chi connectivity index (χ1) is 18.3. The fourth-order valence-corrected chi connectivity index (χ4v) is 7.08. The summed E-state index contributed by atoms with van der Waals surface area (Å²) in [5, 5.41) is 14.2. The summed E-state index contributed by atoms with van der Waals surface area (Å²) in [7, 11) is -8.43. The van der Waals surface area contributed by atoms with Crippen LogP contribution in [0.25, 0.3) is 0 Å². The highest BCUT2D eigenvalue weighted by Crippen LogP contribution is 2.44. The molecule has 0 unspecified atom stereocenters. The van der Waals surface area contributed by atoms with E-state index in [0.29, 0.717) is 11.1 Å². The van der Waals surface area contributed by atoms with Gasteiger partial charge in [-0.15, -0.1) is 0 Å². The van der Waals surface area contributed by atoms with Gasteiger partial charge in [0.1, 0.15) is 17.1 Å². The van der Waals surface area contributed by atoms with E-state index in [-0.39, 0.29) is 17.9 Å². The molecular weight excluding hydrogens is 563 g/mol. The molecular formula is C26H29FN4O7S2. The number of halogens is 1. The summed E-state index contributed by atoms with van der Waals surface area (Å²) >= 11 is 0. The molecule has 2 heterocycles. The lowest BCUT2D eigenvalue weighted by Crippen LogP contribution is -2.43. The van der Waals surface area contributed by atoms with Crippen LogP contribution in [0, 0.1) is 18.2 Å². The van der Waals surface area contributed by atoms with Gasteiger partial charge >= 0.3 is 0 Å². The molecule has 5 N–H and O–H groups in total. The first-order valence-corrected chi connectivity index (χ1v) is 15.4. The third-order valence-electron chi connectivity index (χ3n) is 6.50. The second-order valence-electron chi connectivity index (χ2n) is 10.8. The summed E-state index contributed by atoms with van der Waals surface area (Å²) in [6.45, 7) is 6.84. The Bertz CT molecular complexity index is 1740. The van der Waals surface area contributed by atoms with Crippen LogP contribution in [0.3, 0.4) is 0 Å². The zero-order valence-electron chi connectivity index (χ0n) is 22.4. The molecule has 2 aliphatic heterocycles. The van der Waals surface area contributed by atoms with E-state index in [1.807, 2.05) is 0 Å². The SMILES string of the molecule is Cc1cc(CN2C(=O)C(C3=C(C(N)=O)S(=O)(=O)c4cc(NS(C)(=O)=O)ccc4N3)=C(O)[C@@H]2C(C)(C)C)ccc1F. The van der Waals surface area contributed by atoms with Gasteiger partial charge in [-0.1, -0.05) is 32.9 Å². The molecule has 11 nitrogen and oxygen atoms in total. The first kappa shape index (κ1) is 29.1. The van der Waals surface area contributed by atoms with Crippen molar-refractivity contribution in [3.8, 4) is 0 Å². The minimum absolute atomic E-state index is 0.0432. The quantitative estimate of drug-likeness (QED) is 0.396. The van der Waals surface area contributed by atoms with Crippen molar-refractivity contribution in [1.29, 1.82) is 0 Å². The zero-order valence-corrected chi connectivity index (χ0v) is 24.0. The number of amides is 2. The predicted octanol–water partition coefficient (Wildman–Crippen LogP) is 2.67. The van der Waals surface area contributed by atoms with Gasteiger partial charge in [-0.25, -0.2) is 21.2 Å². The lowest BCUT2D eigenvalue weighted by Gasteiger charge is -2.35. The van der Waals surface area contributed by atoms with Crippen LogP contribution < -0.4 is 15.8 Å². The summed E-state index contributed by atoms with van der Waals surface area (Å²) in [5.74, 6) is -3.05. The second-order valence-corrected chi connectivity index (χ2v) is 14.4. The summed E-state index contributed by atoms with van der Waals surface area (Å²) in [5.41, 5.74) is 4.61. The zero-order chi connectivity index (χ0) is 29.9. The Hall–Kier alpha value is -3.91. The molecule has 0 radical (unpaired) electrons. The second kappa shape index (κ2) is 9.63. The van der Waals surface area contributed by atoms with Crippen LogP contribution in [0.4, 0.5) is 15.8 Å². The largest absolute Gasteiger partial charge is 0.509 e. The Morgan fingerprint density at radius 2 is 1.85 bits per heavy atom. The molecule has 4 rings (SSSR count). The molecule has 2 aromatic carbocycles. The van der Waals surface area contributed by atoms with Crippen molar-refractivity contribution in [2.45, 2.75) is 45.2 Å². The number of nitrogens with one attached hydrogen (secondary N) is 2. The summed E-state index contributed by atoms with van der Waals surface area (Å²) in [6.07, 6.45) is 0.887. The van der Waals surface area contributed by atoms with Gasteiger partial charge in [0.2, 0.25) is 19.9 Å². The molecule has 0 saturated carbocycles. The standard InChI is InChI=1S/C26H29FN4O7S2/c1-13-10-14(6-8-16(13)27)12-31-23(26(2,3)4)21(32)19(25(31)34)20-22(24(28)33)40(37,38)18-11-15(30-39(5,35)36)7-9-17(18)29-20/h6-11,23,29-30,32H,12H2,1-5H3,(H2,28,33)/t23-/m1/s1. The number of carbonyl (C=O) groups excluding carboxylic acids is 2. The Labute approximate surface area is 231 Å². The molecule has 0 spiro atoms. The van der Waals surface area contributed by atoms with Crippen molar-refractivity contribution in [1.82, 2.24) is 4.90 Å². The summed E-state index contributed by atoms with van der Waals surface area (Å²) in [4.78, 5) is 26.3. The predicted molar refractivity (Wildman–Crippen MR) is 147 cm³/mol. The number of anilines is 2. The first-order valence-electron chi connectivity index (χ1n) is 12.0. The van der Waals surface area contributed by atoms with E-state index < -0.39 is 75.8 Å². The Balaban J connectivity index is 1.88. The number of primary amides is 1. The van der Waals surface area contributed by atoms with Crippen LogP contribution in [0.1, 0.15) is 31.9 Å². The van der Waals surface area contributed by atoms with Crippen LogP contribution >= 0.6 is 0 Å². The average molecular weight is 593 g/mol. The molecule has 0 fully saturated rings. The number of sulfonamides is 1. The molecule has 0 saturated heterocycles. The number of nitrogens with zero attached hydrogens (tertiary/aromatic N) is 1. The van der Waals surface area contributed by atoms with Crippen molar-refractivity contribution in [3.63, 3.8) is 0 Å². The molecule has 40 heavy (non-hydrogen) atoms. The smallest absolute Gasteiger partial charge is 0.262 e. The third kappa shape index (κ3) is 5.16. The number of benzene rings is 2. The van der Waals surface area contributed by atoms with Crippen molar-refractivity contribution >= 4 is 43.0 Å².